The van der Waals surface area contributed by atoms with Crippen LogP contribution in [0.15, 0.2) is 39.4 Å². The van der Waals surface area contributed by atoms with Gasteiger partial charge in [-0.2, -0.15) is 4.31 Å². The first-order valence-corrected chi connectivity index (χ1v) is 10.8. The minimum atomic E-state index is -4.13. The first-order valence-electron chi connectivity index (χ1n) is 9.41. The maximum atomic E-state index is 13.1. The Morgan fingerprint density at radius 3 is 1.68 bits per heavy atom. The second kappa shape index (κ2) is 13.1. The molecule has 0 radical (unpaired) electrons. The molecule has 31 heavy (non-hydrogen) atoms. The van der Waals surface area contributed by atoms with Crippen LogP contribution in [-0.2, 0) is 10.0 Å². The Morgan fingerprint density at radius 1 is 0.871 bits per heavy atom. The zero-order valence-electron chi connectivity index (χ0n) is 17.0. The maximum absolute atomic E-state index is 13.1. The minimum absolute atomic E-state index is 0.0539. The molecular formula is C17H27N7O6S. The predicted molar refractivity (Wildman–Crippen MR) is 111 cm³/mol. The molecule has 0 fully saturated rings. The lowest BCUT2D eigenvalue weighted by Gasteiger charge is -2.28. The zero-order valence-corrected chi connectivity index (χ0v) is 17.8. The maximum Gasteiger partial charge on any atom is 0.243 e. The largest absolute Gasteiger partial charge is 0.393 e. The van der Waals surface area contributed by atoms with Crippen LogP contribution in [0, 0.1) is 6.92 Å². The van der Waals surface area contributed by atoms with Crippen molar-refractivity contribution < 1.29 is 28.8 Å². The van der Waals surface area contributed by atoms with Crippen LogP contribution in [0.5, 0.6) is 0 Å². The molecule has 1 rings (SSSR count). The third kappa shape index (κ3) is 9.51. The van der Waals surface area contributed by atoms with Crippen molar-refractivity contribution in [3.8, 4) is 0 Å². The van der Waals surface area contributed by atoms with Crippen molar-refractivity contribution in [2.24, 2.45) is 10.2 Å². The Labute approximate surface area is 179 Å². The Hall–Kier alpha value is -2.41. The van der Waals surface area contributed by atoms with Gasteiger partial charge in [0.15, 0.2) is 0 Å². The van der Waals surface area contributed by atoms with E-state index in [1.54, 1.807) is 19.1 Å². The molecule has 0 aromatic heterocycles. The van der Waals surface area contributed by atoms with E-state index in [0.717, 1.165) is 9.87 Å². The molecule has 4 atom stereocenters. The van der Waals surface area contributed by atoms with Gasteiger partial charge in [-0.1, -0.05) is 27.9 Å². The first kappa shape index (κ1) is 26.6. The quantitative estimate of drug-likeness (QED) is 0.180. The summed E-state index contributed by atoms with van der Waals surface area (Å²) in [6.45, 7) is 0.316. The predicted octanol–water partition coefficient (Wildman–Crippen LogP) is 0.830. The van der Waals surface area contributed by atoms with Gasteiger partial charge in [-0.25, -0.2) is 8.42 Å². The molecule has 14 heteroatoms. The van der Waals surface area contributed by atoms with Gasteiger partial charge in [0.05, 0.1) is 42.4 Å². The summed E-state index contributed by atoms with van der Waals surface area (Å²) < 4.78 is 27.0. The lowest BCUT2D eigenvalue weighted by atomic mass is 10.1. The third-order valence-corrected chi connectivity index (χ3v) is 6.13. The molecule has 1 aromatic rings. The number of hydrogen-bond acceptors (Lipinski definition) is 8. The number of nitrogens with zero attached hydrogens (tertiary/aromatic N) is 7. The van der Waals surface area contributed by atoms with Crippen LogP contribution >= 0.6 is 0 Å². The van der Waals surface area contributed by atoms with Crippen LogP contribution in [0.3, 0.4) is 0 Å². The minimum Gasteiger partial charge on any atom is -0.393 e. The van der Waals surface area contributed by atoms with Crippen molar-refractivity contribution >= 4 is 10.0 Å². The number of aryl methyl sites for hydroxylation is 1. The SMILES string of the molecule is Cc1ccc(S(=O)(=O)N(C[C@H](O)C[C@H](O)CN=[N+]=[N-])C[C@H](O)C[C@H](O)CN=[N+]=[N-])cc1. The standard InChI is InChI=1S/C17H27N7O6S/c1-12-2-4-17(5-3-12)31(29,30)24(10-15(27)6-13(25)8-20-22-18)11-16(28)7-14(26)9-21-23-19/h2-5,13-16,25-28H,6-11H2,1H3/t13-,14-,15+,16+/m0/s1. The Morgan fingerprint density at radius 2 is 1.29 bits per heavy atom. The molecule has 0 bridgehead atoms. The van der Waals surface area contributed by atoms with Crippen LogP contribution < -0.4 is 0 Å². The normalized spacial score (nSPS) is 15.4. The highest BCUT2D eigenvalue weighted by Crippen LogP contribution is 2.19. The number of benzene rings is 1. The van der Waals surface area contributed by atoms with Gasteiger partial charge in [-0.15, -0.1) is 0 Å². The van der Waals surface area contributed by atoms with E-state index in [4.69, 9.17) is 11.1 Å². The van der Waals surface area contributed by atoms with Gasteiger partial charge in [0.1, 0.15) is 0 Å². The number of aliphatic hydroxyl groups is 4. The van der Waals surface area contributed by atoms with E-state index in [1.807, 2.05) is 0 Å². The molecule has 0 aliphatic carbocycles. The summed E-state index contributed by atoms with van der Waals surface area (Å²) in [6, 6.07) is 5.99. The van der Waals surface area contributed by atoms with Gasteiger partial charge in [0.25, 0.3) is 0 Å². The number of aliphatic hydroxyl groups excluding tert-OH is 4. The molecule has 0 aliphatic rings. The topological polar surface area (TPSA) is 216 Å². The van der Waals surface area contributed by atoms with E-state index in [9.17, 15) is 28.8 Å². The molecule has 0 amide bonds. The van der Waals surface area contributed by atoms with Gasteiger partial charge in [0, 0.05) is 35.8 Å². The van der Waals surface area contributed by atoms with Crippen LogP contribution in [0.2, 0.25) is 0 Å². The molecular weight excluding hydrogens is 430 g/mol. The monoisotopic (exact) mass is 457 g/mol. The zero-order chi connectivity index (χ0) is 23.4. The summed E-state index contributed by atoms with van der Waals surface area (Å²) in [7, 11) is -4.13. The molecule has 13 nitrogen and oxygen atoms in total. The van der Waals surface area contributed by atoms with Crippen molar-refractivity contribution in [2.75, 3.05) is 26.2 Å². The van der Waals surface area contributed by atoms with Gasteiger partial charge >= 0.3 is 0 Å². The van der Waals surface area contributed by atoms with E-state index < -0.39 is 47.5 Å². The van der Waals surface area contributed by atoms with Crippen molar-refractivity contribution in [2.45, 2.75) is 49.1 Å². The fourth-order valence-corrected chi connectivity index (χ4v) is 4.30. The van der Waals surface area contributed by atoms with Gasteiger partial charge in [-0.3, -0.25) is 0 Å². The van der Waals surface area contributed by atoms with Crippen molar-refractivity contribution in [1.82, 2.24) is 4.31 Å². The number of hydrogen-bond donors (Lipinski definition) is 4. The average molecular weight is 458 g/mol. The highest BCUT2D eigenvalue weighted by molar-refractivity contribution is 7.89. The second-order valence-corrected chi connectivity index (χ2v) is 8.99. The summed E-state index contributed by atoms with van der Waals surface area (Å²) in [5.41, 5.74) is 17.4. The summed E-state index contributed by atoms with van der Waals surface area (Å²) in [4.78, 5) is 4.96. The smallest absolute Gasteiger partial charge is 0.243 e. The van der Waals surface area contributed by atoms with Crippen LogP contribution in [0.1, 0.15) is 18.4 Å². The van der Waals surface area contributed by atoms with Gasteiger partial charge < -0.3 is 20.4 Å². The van der Waals surface area contributed by atoms with Gasteiger partial charge in [-0.05, 0) is 30.1 Å². The van der Waals surface area contributed by atoms with E-state index in [2.05, 4.69) is 20.1 Å². The van der Waals surface area contributed by atoms with Crippen molar-refractivity contribution in [3.63, 3.8) is 0 Å². The lowest BCUT2D eigenvalue weighted by molar-refractivity contribution is 0.0491. The average Bonchev–Trinajstić information content (AvgIpc) is 2.70. The molecule has 0 aliphatic heterocycles. The number of azide groups is 2. The fraction of sp³-hybridized carbons (Fsp3) is 0.647. The highest BCUT2D eigenvalue weighted by Gasteiger charge is 2.30. The molecule has 172 valence electrons. The summed E-state index contributed by atoms with van der Waals surface area (Å²) in [5.74, 6) is 0. The Bertz CT molecular complexity index is 849. The highest BCUT2D eigenvalue weighted by atomic mass is 32.2. The Kier molecular flexibility index (Phi) is 11.3. The van der Waals surface area contributed by atoms with E-state index >= 15 is 0 Å². The molecule has 0 saturated carbocycles. The van der Waals surface area contributed by atoms with Crippen molar-refractivity contribution in [1.29, 1.82) is 0 Å². The van der Waals surface area contributed by atoms with Crippen LogP contribution in [-0.4, -0.2) is 83.7 Å². The molecule has 0 unspecified atom stereocenters. The molecule has 0 heterocycles. The Balaban J connectivity index is 3.01. The molecule has 1 aromatic carbocycles. The lowest BCUT2D eigenvalue weighted by Crippen LogP contribution is -2.43. The van der Waals surface area contributed by atoms with Gasteiger partial charge in [0.2, 0.25) is 10.0 Å². The molecule has 4 N–H and O–H groups in total. The van der Waals surface area contributed by atoms with Crippen LogP contribution in [0.25, 0.3) is 20.9 Å². The fourth-order valence-electron chi connectivity index (χ4n) is 2.79. The summed E-state index contributed by atoms with van der Waals surface area (Å²) >= 11 is 0. The third-order valence-electron chi connectivity index (χ3n) is 4.29. The van der Waals surface area contributed by atoms with E-state index in [1.165, 1.54) is 12.1 Å². The number of rotatable bonds is 14. The first-order chi connectivity index (χ1) is 14.6. The molecule has 0 saturated heterocycles. The van der Waals surface area contributed by atoms with E-state index in [0.29, 0.717) is 0 Å². The second-order valence-electron chi connectivity index (χ2n) is 7.05. The number of sulfonamides is 1. The summed E-state index contributed by atoms with van der Waals surface area (Å²) in [6.07, 6.45) is -5.49. The van der Waals surface area contributed by atoms with Crippen LogP contribution in [0.4, 0.5) is 0 Å². The van der Waals surface area contributed by atoms with Crippen molar-refractivity contribution in [3.05, 3.63) is 50.7 Å². The molecule has 0 spiro atoms. The summed E-state index contributed by atoms with van der Waals surface area (Å²) in [5, 5.41) is 46.5. The van der Waals surface area contributed by atoms with E-state index in [-0.39, 0.29) is 30.8 Å².